The molecule has 1 aliphatic rings. The van der Waals surface area contributed by atoms with E-state index in [4.69, 9.17) is 4.42 Å². The number of carbonyl (C=O) groups excluding carboxylic acids is 2. The van der Waals surface area contributed by atoms with E-state index in [9.17, 15) is 14.0 Å². The van der Waals surface area contributed by atoms with E-state index in [1.54, 1.807) is 17.0 Å². The standard InChI is InChI=1S/C18H18BrFN2O3/c19-15-7-12(8-16(20)9-15)10-21-17(23)13-1-4-22(5-2-13)18(24)14-3-6-25-11-14/h3,6-9,11,13H,1-2,4-5,10H2,(H,21,23). The zero-order valence-corrected chi connectivity index (χ0v) is 15.1. The third-order valence-electron chi connectivity index (χ3n) is 4.31. The van der Waals surface area contributed by atoms with E-state index < -0.39 is 0 Å². The molecule has 132 valence electrons. The number of likely N-dealkylation sites (tertiary alicyclic amines) is 1. The van der Waals surface area contributed by atoms with Gasteiger partial charge in [-0.1, -0.05) is 15.9 Å². The van der Waals surface area contributed by atoms with Crippen LogP contribution in [0.15, 0.2) is 45.7 Å². The van der Waals surface area contributed by atoms with E-state index >= 15 is 0 Å². The van der Waals surface area contributed by atoms with Gasteiger partial charge < -0.3 is 14.6 Å². The highest BCUT2D eigenvalue weighted by Gasteiger charge is 2.28. The summed E-state index contributed by atoms with van der Waals surface area (Å²) in [5.41, 5.74) is 1.23. The number of hydrogen-bond acceptors (Lipinski definition) is 3. The number of amides is 2. The lowest BCUT2D eigenvalue weighted by molar-refractivity contribution is -0.126. The van der Waals surface area contributed by atoms with Crippen LogP contribution in [0.1, 0.15) is 28.8 Å². The Morgan fingerprint density at radius 2 is 2.04 bits per heavy atom. The van der Waals surface area contributed by atoms with Gasteiger partial charge in [-0.25, -0.2) is 4.39 Å². The predicted molar refractivity (Wildman–Crippen MR) is 93.3 cm³/mol. The Labute approximate surface area is 153 Å². The van der Waals surface area contributed by atoms with E-state index in [2.05, 4.69) is 21.2 Å². The maximum Gasteiger partial charge on any atom is 0.257 e. The van der Waals surface area contributed by atoms with E-state index in [-0.39, 0.29) is 30.1 Å². The second kappa shape index (κ2) is 7.82. The highest BCUT2D eigenvalue weighted by Crippen LogP contribution is 2.20. The Balaban J connectivity index is 1.49. The van der Waals surface area contributed by atoms with Crippen LogP contribution in [0.25, 0.3) is 0 Å². The Morgan fingerprint density at radius 1 is 1.28 bits per heavy atom. The van der Waals surface area contributed by atoms with Crippen LogP contribution in [0.2, 0.25) is 0 Å². The van der Waals surface area contributed by atoms with Gasteiger partial charge in [-0.05, 0) is 42.7 Å². The molecule has 1 aliphatic heterocycles. The number of carbonyl (C=O) groups is 2. The van der Waals surface area contributed by atoms with Crippen molar-refractivity contribution in [1.29, 1.82) is 0 Å². The maximum atomic E-state index is 13.4. The predicted octanol–water partition coefficient (Wildman–Crippen LogP) is 3.35. The molecule has 0 aliphatic carbocycles. The molecule has 1 N–H and O–H groups in total. The van der Waals surface area contributed by atoms with Crippen molar-refractivity contribution in [2.24, 2.45) is 5.92 Å². The van der Waals surface area contributed by atoms with Crippen LogP contribution in [0, 0.1) is 11.7 Å². The fraction of sp³-hybridized carbons (Fsp3) is 0.333. The Morgan fingerprint density at radius 3 is 2.68 bits per heavy atom. The van der Waals surface area contributed by atoms with Crippen LogP contribution < -0.4 is 5.32 Å². The molecule has 1 aromatic carbocycles. The van der Waals surface area contributed by atoms with Gasteiger partial charge in [-0.2, -0.15) is 0 Å². The molecule has 1 fully saturated rings. The van der Waals surface area contributed by atoms with Crippen molar-refractivity contribution < 1.29 is 18.4 Å². The number of benzene rings is 1. The zero-order valence-electron chi connectivity index (χ0n) is 13.5. The number of nitrogens with one attached hydrogen (secondary N) is 1. The molecule has 3 rings (SSSR count). The highest BCUT2D eigenvalue weighted by atomic mass is 79.9. The third-order valence-corrected chi connectivity index (χ3v) is 4.77. The minimum Gasteiger partial charge on any atom is -0.472 e. The topological polar surface area (TPSA) is 62.6 Å². The average Bonchev–Trinajstić information content (AvgIpc) is 3.13. The molecule has 0 spiro atoms. The quantitative estimate of drug-likeness (QED) is 0.843. The third kappa shape index (κ3) is 4.48. The van der Waals surface area contributed by atoms with Crippen molar-refractivity contribution in [2.75, 3.05) is 13.1 Å². The lowest BCUT2D eigenvalue weighted by atomic mass is 9.95. The van der Waals surface area contributed by atoms with E-state index in [1.165, 1.54) is 24.7 Å². The molecule has 0 atom stereocenters. The van der Waals surface area contributed by atoms with Crippen LogP contribution in [0.4, 0.5) is 4.39 Å². The summed E-state index contributed by atoms with van der Waals surface area (Å²) in [6, 6.07) is 6.18. The van der Waals surface area contributed by atoms with Crippen molar-refractivity contribution >= 4 is 27.7 Å². The fourth-order valence-corrected chi connectivity index (χ4v) is 3.47. The molecule has 2 amide bonds. The number of rotatable bonds is 4. The summed E-state index contributed by atoms with van der Waals surface area (Å²) >= 11 is 3.24. The van der Waals surface area contributed by atoms with Crippen molar-refractivity contribution in [3.8, 4) is 0 Å². The van der Waals surface area contributed by atoms with Crippen LogP contribution in [-0.2, 0) is 11.3 Å². The summed E-state index contributed by atoms with van der Waals surface area (Å²) < 4.78 is 18.9. The molecule has 2 aromatic rings. The normalized spacial score (nSPS) is 15.2. The van der Waals surface area contributed by atoms with Gasteiger partial charge in [0.15, 0.2) is 0 Å². The van der Waals surface area contributed by atoms with E-state index in [0.29, 0.717) is 41.5 Å². The zero-order chi connectivity index (χ0) is 17.8. The van der Waals surface area contributed by atoms with Gasteiger partial charge in [0.2, 0.25) is 5.91 Å². The smallest absolute Gasteiger partial charge is 0.257 e. The Kier molecular flexibility index (Phi) is 5.53. The van der Waals surface area contributed by atoms with Gasteiger partial charge >= 0.3 is 0 Å². The van der Waals surface area contributed by atoms with Crippen LogP contribution in [-0.4, -0.2) is 29.8 Å². The fourth-order valence-electron chi connectivity index (χ4n) is 2.96. The van der Waals surface area contributed by atoms with Gasteiger partial charge in [-0.15, -0.1) is 0 Å². The molecule has 5 nitrogen and oxygen atoms in total. The molecule has 0 bridgehead atoms. The van der Waals surface area contributed by atoms with Crippen molar-refractivity contribution in [3.05, 3.63) is 58.2 Å². The monoisotopic (exact) mass is 408 g/mol. The maximum absolute atomic E-state index is 13.4. The first-order valence-electron chi connectivity index (χ1n) is 8.07. The van der Waals surface area contributed by atoms with Gasteiger partial charge in [0.1, 0.15) is 12.1 Å². The molecular weight excluding hydrogens is 391 g/mol. The van der Waals surface area contributed by atoms with Crippen molar-refractivity contribution in [1.82, 2.24) is 10.2 Å². The molecule has 1 aromatic heterocycles. The molecular formula is C18H18BrFN2O3. The molecule has 25 heavy (non-hydrogen) atoms. The number of furan rings is 1. The van der Waals surface area contributed by atoms with Crippen molar-refractivity contribution in [3.63, 3.8) is 0 Å². The van der Waals surface area contributed by atoms with Crippen LogP contribution in [0.5, 0.6) is 0 Å². The van der Waals surface area contributed by atoms with Crippen LogP contribution >= 0.6 is 15.9 Å². The largest absolute Gasteiger partial charge is 0.472 e. The van der Waals surface area contributed by atoms with E-state index in [1.807, 2.05) is 0 Å². The van der Waals surface area contributed by atoms with Crippen molar-refractivity contribution in [2.45, 2.75) is 19.4 Å². The average molecular weight is 409 g/mol. The van der Waals surface area contributed by atoms with Crippen LogP contribution in [0.3, 0.4) is 0 Å². The molecule has 0 radical (unpaired) electrons. The molecule has 2 heterocycles. The lowest BCUT2D eigenvalue weighted by Gasteiger charge is -2.31. The van der Waals surface area contributed by atoms with Gasteiger partial charge in [0, 0.05) is 30.0 Å². The van der Waals surface area contributed by atoms with Gasteiger partial charge in [0.05, 0.1) is 11.8 Å². The Hall–Kier alpha value is -2.15. The minimum atomic E-state index is -0.343. The number of piperidine rings is 1. The first-order chi connectivity index (χ1) is 12.0. The second-order valence-corrected chi connectivity index (χ2v) is 6.99. The summed E-state index contributed by atoms with van der Waals surface area (Å²) in [6.07, 6.45) is 4.13. The molecule has 1 saturated heterocycles. The summed E-state index contributed by atoms with van der Waals surface area (Å²) in [6.45, 7) is 1.35. The molecule has 0 unspecified atom stereocenters. The number of hydrogen-bond donors (Lipinski definition) is 1. The highest BCUT2D eigenvalue weighted by molar-refractivity contribution is 9.10. The number of nitrogens with zero attached hydrogens (tertiary/aromatic N) is 1. The lowest BCUT2D eigenvalue weighted by Crippen LogP contribution is -2.42. The SMILES string of the molecule is O=C(NCc1cc(F)cc(Br)c1)C1CCN(C(=O)c2ccoc2)CC1. The molecule has 7 heteroatoms. The first-order valence-corrected chi connectivity index (χ1v) is 8.86. The first kappa shape index (κ1) is 17.7. The minimum absolute atomic E-state index is 0.0595. The Bertz CT molecular complexity index is 735. The summed E-state index contributed by atoms with van der Waals surface area (Å²) in [7, 11) is 0. The number of halogens is 2. The molecule has 0 saturated carbocycles. The summed E-state index contributed by atoms with van der Waals surface area (Å²) in [5.74, 6) is -0.608. The summed E-state index contributed by atoms with van der Waals surface area (Å²) in [4.78, 5) is 26.3. The van der Waals surface area contributed by atoms with Gasteiger partial charge in [0.25, 0.3) is 5.91 Å². The second-order valence-electron chi connectivity index (χ2n) is 6.07. The summed E-state index contributed by atoms with van der Waals surface area (Å²) in [5, 5.41) is 2.85. The van der Waals surface area contributed by atoms with E-state index in [0.717, 1.165) is 0 Å². The van der Waals surface area contributed by atoms with Gasteiger partial charge in [-0.3, -0.25) is 9.59 Å².